The molecule has 1 radical (unpaired) electrons. The zero-order valence-electron chi connectivity index (χ0n) is 5.22. The van der Waals surface area contributed by atoms with Gasteiger partial charge < -0.3 is 4.90 Å². The highest BCUT2D eigenvalue weighted by molar-refractivity contribution is 5.93. The Morgan fingerprint density at radius 2 is 2.12 bits per heavy atom. The minimum Gasteiger partial charge on any atom is -0.383 e. The average molecular weight is 112 g/mol. The average Bonchev–Trinajstić information content (AvgIpc) is 1.61. The van der Waals surface area contributed by atoms with Crippen molar-refractivity contribution in [3.05, 3.63) is 19.2 Å². The Kier molecular flexibility index (Phi) is 2.92. The lowest BCUT2D eigenvalue weighted by Crippen LogP contribution is -2.01. The Balaban J connectivity index is 3.50. The van der Waals surface area contributed by atoms with Crippen LogP contribution in [0.25, 0.3) is 0 Å². The van der Waals surface area contributed by atoms with Gasteiger partial charge in [0, 0.05) is 27.2 Å². The van der Waals surface area contributed by atoms with E-state index in [0.29, 0.717) is 0 Å². The van der Waals surface area contributed by atoms with E-state index in [2.05, 4.69) is 6.92 Å². The van der Waals surface area contributed by atoms with Gasteiger partial charge in [-0.1, -0.05) is 0 Å². The van der Waals surface area contributed by atoms with Crippen molar-refractivity contribution in [2.75, 3.05) is 14.1 Å². The van der Waals surface area contributed by atoms with Crippen LogP contribution >= 0.6 is 0 Å². The van der Waals surface area contributed by atoms with Crippen LogP contribution in [0.3, 0.4) is 0 Å². The first-order chi connectivity index (χ1) is 3.63. The van der Waals surface area contributed by atoms with Crippen LogP contribution in [0.5, 0.6) is 0 Å². The van der Waals surface area contributed by atoms with Gasteiger partial charge >= 0.3 is 0 Å². The molecule has 0 aliphatic carbocycles. The van der Waals surface area contributed by atoms with Crippen LogP contribution in [0.2, 0.25) is 0 Å². The van der Waals surface area contributed by atoms with Crippen molar-refractivity contribution in [1.29, 1.82) is 0 Å². The van der Waals surface area contributed by atoms with E-state index in [4.69, 9.17) is 0 Å². The monoisotopic (exact) mass is 112 g/mol. The van der Waals surface area contributed by atoms with Gasteiger partial charge in [0.05, 0.1) is 0 Å². The molecule has 45 valence electrons. The topological polar surface area (TPSA) is 20.3 Å². The van der Waals surface area contributed by atoms with Crippen molar-refractivity contribution in [2.24, 2.45) is 0 Å². The highest BCUT2D eigenvalue weighted by Gasteiger charge is 1.80. The van der Waals surface area contributed by atoms with Crippen LogP contribution in [0, 0.1) is 6.92 Å². The molecule has 0 aliphatic heterocycles. The normalized spacial score (nSPS) is 9.88. The van der Waals surface area contributed by atoms with Crippen LogP contribution in [0.15, 0.2) is 12.3 Å². The number of hydrogen-bond acceptors (Lipinski definition) is 2. The van der Waals surface area contributed by atoms with Crippen LogP contribution in [0.4, 0.5) is 0 Å². The lowest BCUT2D eigenvalue weighted by atomic mass is 10.4. The van der Waals surface area contributed by atoms with Gasteiger partial charge in [-0.15, -0.1) is 0 Å². The second-order valence-electron chi connectivity index (χ2n) is 1.75. The lowest BCUT2D eigenvalue weighted by molar-refractivity contribution is -0.110. The van der Waals surface area contributed by atoms with Crippen molar-refractivity contribution in [2.45, 2.75) is 0 Å². The van der Waals surface area contributed by atoms with E-state index in [0.717, 1.165) is 0 Å². The SMILES string of the molecule is [CH2]C(=O)C=CN(C)C. The fourth-order valence-electron chi connectivity index (χ4n) is 0.232. The Labute approximate surface area is 49.8 Å². The van der Waals surface area contributed by atoms with Crippen molar-refractivity contribution in [3.63, 3.8) is 0 Å². The summed E-state index contributed by atoms with van der Waals surface area (Å²) in [5.74, 6) is -0.168. The molecule has 0 atom stereocenters. The Hall–Kier alpha value is -0.790. The maximum Gasteiger partial charge on any atom is 0.157 e. The molecule has 0 unspecified atom stereocenters. The summed E-state index contributed by atoms with van der Waals surface area (Å²) in [4.78, 5) is 11.9. The summed E-state index contributed by atoms with van der Waals surface area (Å²) in [7, 11) is 3.69. The third-order valence-corrected chi connectivity index (χ3v) is 0.559. The summed E-state index contributed by atoms with van der Waals surface area (Å²) < 4.78 is 0. The fraction of sp³-hybridized carbons (Fsp3) is 0.333. The molecule has 2 heteroatoms. The Bertz CT molecular complexity index is 105. The fourth-order valence-corrected chi connectivity index (χ4v) is 0.232. The maximum absolute atomic E-state index is 10.1. The van der Waals surface area contributed by atoms with Crippen LogP contribution < -0.4 is 0 Å². The van der Waals surface area contributed by atoms with Crippen LogP contribution in [0.1, 0.15) is 0 Å². The van der Waals surface area contributed by atoms with Gasteiger partial charge in [-0.05, 0) is 6.08 Å². The van der Waals surface area contributed by atoms with Gasteiger partial charge in [-0.25, -0.2) is 0 Å². The molecule has 0 bridgehead atoms. The molecular formula is C6H10NO. The number of carbonyl (C=O) groups is 1. The van der Waals surface area contributed by atoms with Crippen LogP contribution in [-0.2, 0) is 4.79 Å². The summed E-state index contributed by atoms with van der Waals surface area (Å²) in [6.07, 6.45) is 3.08. The lowest BCUT2D eigenvalue weighted by Gasteiger charge is -2.00. The van der Waals surface area contributed by atoms with E-state index in [1.165, 1.54) is 6.08 Å². The molecule has 0 saturated carbocycles. The van der Waals surface area contributed by atoms with Crippen molar-refractivity contribution >= 4 is 5.78 Å². The molecule has 0 spiro atoms. The zero-order valence-corrected chi connectivity index (χ0v) is 5.22. The molecular weight excluding hydrogens is 102 g/mol. The molecule has 0 saturated heterocycles. The van der Waals surface area contributed by atoms with E-state index < -0.39 is 0 Å². The third-order valence-electron chi connectivity index (χ3n) is 0.559. The number of allylic oxidation sites excluding steroid dienone is 1. The number of carbonyl (C=O) groups excluding carboxylic acids is 1. The van der Waals surface area contributed by atoms with E-state index in [9.17, 15) is 4.79 Å². The van der Waals surface area contributed by atoms with E-state index in [1.54, 1.807) is 11.1 Å². The van der Waals surface area contributed by atoms with E-state index in [1.807, 2.05) is 14.1 Å². The summed E-state index contributed by atoms with van der Waals surface area (Å²) in [5.41, 5.74) is 0. The summed E-state index contributed by atoms with van der Waals surface area (Å²) in [6.45, 7) is 3.16. The molecule has 0 aliphatic rings. The maximum atomic E-state index is 10.1. The smallest absolute Gasteiger partial charge is 0.157 e. The quantitative estimate of drug-likeness (QED) is 0.484. The van der Waals surface area contributed by atoms with Gasteiger partial charge in [0.25, 0.3) is 0 Å². The predicted octanol–water partition coefficient (Wildman–Crippen LogP) is 0.465. The second kappa shape index (κ2) is 3.24. The summed E-state index contributed by atoms with van der Waals surface area (Å²) >= 11 is 0. The number of rotatable bonds is 2. The summed E-state index contributed by atoms with van der Waals surface area (Å²) in [6, 6.07) is 0. The minimum absolute atomic E-state index is 0.168. The van der Waals surface area contributed by atoms with Crippen molar-refractivity contribution in [3.8, 4) is 0 Å². The zero-order chi connectivity index (χ0) is 6.57. The minimum atomic E-state index is -0.168. The molecule has 0 rings (SSSR count). The number of ketones is 1. The molecule has 0 N–H and O–H groups in total. The highest BCUT2D eigenvalue weighted by Crippen LogP contribution is 1.76. The molecule has 0 aromatic heterocycles. The van der Waals surface area contributed by atoms with Gasteiger partial charge in [-0.2, -0.15) is 0 Å². The predicted molar refractivity (Wildman–Crippen MR) is 33.2 cm³/mol. The molecule has 0 aromatic rings. The van der Waals surface area contributed by atoms with E-state index >= 15 is 0 Å². The summed E-state index contributed by atoms with van der Waals surface area (Å²) in [5, 5.41) is 0. The molecule has 0 fully saturated rings. The van der Waals surface area contributed by atoms with Crippen molar-refractivity contribution in [1.82, 2.24) is 4.90 Å². The first-order valence-electron chi connectivity index (χ1n) is 2.33. The number of hydrogen-bond donors (Lipinski definition) is 0. The van der Waals surface area contributed by atoms with Gasteiger partial charge in [0.2, 0.25) is 0 Å². The van der Waals surface area contributed by atoms with Crippen LogP contribution in [-0.4, -0.2) is 24.8 Å². The first-order valence-corrected chi connectivity index (χ1v) is 2.33. The van der Waals surface area contributed by atoms with Gasteiger partial charge in [0.15, 0.2) is 5.78 Å². The third kappa shape index (κ3) is 5.21. The molecule has 0 heterocycles. The molecule has 8 heavy (non-hydrogen) atoms. The number of nitrogens with zero attached hydrogens (tertiary/aromatic N) is 1. The molecule has 0 amide bonds. The van der Waals surface area contributed by atoms with Gasteiger partial charge in [-0.3, -0.25) is 4.79 Å². The second-order valence-corrected chi connectivity index (χ2v) is 1.75. The highest BCUT2D eigenvalue weighted by atomic mass is 16.1. The standard InChI is InChI=1S/C6H10NO/c1-6(8)4-5-7(2)3/h4-5H,1H2,2-3H3. The van der Waals surface area contributed by atoms with Crippen molar-refractivity contribution < 1.29 is 4.79 Å². The Morgan fingerprint density at radius 1 is 1.62 bits per heavy atom. The van der Waals surface area contributed by atoms with E-state index in [-0.39, 0.29) is 5.78 Å². The molecule has 0 aromatic carbocycles. The largest absolute Gasteiger partial charge is 0.383 e. The molecule has 2 nitrogen and oxygen atoms in total. The van der Waals surface area contributed by atoms with Gasteiger partial charge in [0.1, 0.15) is 0 Å². The first kappa shape index (κ1) is 7.21. The Morgan fingerprint density at radius 3 is 2.25 bits per heavy atom.